The van der Waals surface area contributed by atoms with E-state index in [4.69, 9.17) is 5.73 Å². The first-order valence-corrected chi connectivity index (χ1v) is 8.23. The van der Waals surface area contributed by atoms with Gasteiger partial charge in [-0.1, -0.05) is 6.07 Å². The molecule has 2 N–H and O–H groups in total. The SMILES string of the molecule is CN(C1CCS(=O)(=O)C1)C(CN)c1ccc(F)c(F)c1. The van der Waals surface area contributed by atoms with Crippen LogP contribution in [0.25, 0.3) is 0 Å². The van der Waals surface area contributed by atoms with E-state index < -0.39 is 21.5 Å². The van der Waals surface area contributed by atoms with Crippen molar-refractivity contribution in [1.29, 1.82) is 0 Å². The lowest BCUT2D eigenvalue weighted by molar-refractivity contribution is 0.192. The largest absolute Gasteiger partial charge is 0.329 e. The zero-order chi connectivity index (χ0) is 14.9. The minimum atomic E-state index is -3.00. The predicted molar refractivity (Wildman–Crippen MR) is 73.0 cm³/mol. The van der Waals surface area contributed by atoms with Gasteiger partial charge in [0.2, 0.25) is 0 Å². The highest BCUT2D eigenvalue weighted by molar-refractivity contribution is 7.91. The Kier molecular flexibility index (Phi) is 4.41. The number of halogens is 2. The fourth-order valence-corrected chi connectivity index (χ4v) is 4.39. The normalized spacial score (nSPS) is 23.1. The fraction of sp³-hybridized carbons (Fsp3) is 0.538. The first kappa shape index (κ1) is 15.3. The standard InChI is InChI=1S/C13H18F2N2O2S/c1-17(10-4-5-20(18,19)8-10)13(7-16)9-2-3-11(14)12(15)6-9/h2-3,6,10,13H,4-5,7-8,16H2,1H3. The van der Waals surface area contributed by atoms with Crippen molar-refractivity contribution < 1.29 is 17.2 Å². The Labute approximate surface area is 117 Å². The number of hydrogen-bond donors (Lipinski definition) is 1. The van der Waals surface area contributed by atoms with Gasteiger partial charge in [0.25, 0.3) is 0 Å². The number of benzene rings is 1. The number of sulfone groups is 1. The van der Waals surface area contributed by atoms with Crippen LogP contribution in [0.4, 0.5) is 8.78 Å². The molecule has 0 saturated carbocycles. The molecule has 2 unspecified atom stereocenters. The third-order valence-corrected chi connectivity index (χ3v) is 5.58. The van der Waals surface area contributed by atoms with Crippen LogP contribution >= 0.6 is 0 Å². The molecule has 7 heteroatoms. The number of likely N-dealkylation sites (N-methyl/N-ethyl adjacent to an activating group) is 1. The van der Waals surface area contributed by atoms with Gasteiger partial charge in [0.15, 0.2) is 21.5 Å². The van der Waals surface area contributed by atoms with Crippen LogP contribution < -0.4 is 5.73 Å². The summed E-state index contributed by atoms with van der Waals surface area (Å²) in [5.41, 5.74) is 6.28. The Hall–Kier alpha value is -1.05. The third kappa shape index (κ3) is 3.16. The van der Waals surface area contributed by atoms with Gasteiger partial charge in [-0.05, 0) is 31.2 Å². The Morgan fingerprint density at radius 1 is 1.40 bits per heavy atom. The summed E-state index contributed by atoms with van der Waals surface area (Å²) in [5, 5.41) is 0. The first-order chi connectivity index (χ1) is 9.34. The van der Waals surface area contributed by atoms with Crippen LogP contribution in [0.2, 0.25) is 0 Å². The van der Waals surface area contributed by atoms with E-state index >= 15 is 0 Å². The summed E-state index contributed by atoms with van der Waals surface area (Å²) in [4.78, 5) is 1.84. The summed E-state index contributed by atoms with van der Waals surface area (Å²) in [6, 6.07) is 3.19. The average molecular weight is 304 g/mol. The van der Waals surface area contributed by atoms with Crippen LogP contribution in [0.3, 0.4) is 0 Å². The van der Waals surface area contributed by atoms with Crippen molar-refractivity contribution >= 4 is 9.84 Å². The van der Waals surface area contributed by atoms with Gasteiger partial charge >= 0.3 is 0 Å². The molecule has 0 aliphatic carbocycles. The van der Waals surface area contributed by atoms with E-state index in [1.807, 2.05) is 4.90 Å². The van der Waals surface area contributed by atoms with Gasteiger partial charge in [0.05, 0.1) is 11.5 Å². The van der Waals surface area contributed by atoms with Crippen LogP contribution in [-0.2, 0) is 9.84 Å². The molecule has 0 spiro atoms. The van der Waals surface area contributed by atoms with E-state index in [0.717, 1.165) is 12.1 Å². The molecule has 4 nitrogen and oxygen atoms in total. The monoisotopic (exact) mass is 304 g/mol. The van der Waals surface area contributed by atoms with Crippen molar-refractivity contribution in [3.8, 4) is 0 Å². The van der Waals surface area contributed by atoms with Crippen molar-refractivity contribution in [3.63, 3.8) is 0 Å². The second kappa shape index (κ2) is 5.75. The van der Waals surface area contributed by atoms with Gasteiger partial charge in [-0.25, -0.2) is 17.2 Å². The van der Waals surface area contributed by atoms with Crippen LogP contribution in [0.5, 0.6) is 0 Å². The lowest BCUT2D eigenvalue weighted by Crippen LogP contribution is -2.39. The molecule has 0 aromatic heterocycles. The highest BCUT2D eigenvalue weighted by atomic mass is 32.2. The van der Waals surface area contributed by atoms with Gasteiger partial charge in [-0.15, -0.1) is 0 Å². The Balaban J connectivity index is 2.21. The minimum Gasteiger partial charge on any atom is -0.329 e. The second-order valence-electron chi connectivity index (χ2n) is 5.15. The summed E-state index contributed by atoms with van der Waals surface area (Å²) in [5.74, 6) is -1.58. The van der Waals surface area contributed by atoms with Crippen LogP contribution in [0.1, 0.15) is 18.0 Å². The number of nitrogens with zero attached hydrogens (tertiary/aromatic N) is 1. The molecular formula is C13H18F2N2O2S. The smallest absolute Gasteiger partial charge is 0.159 e. The molecule has 0 amide bonds. The number of nitrogens with two attached hydrogens (primary N) is 1. The molecule has 112 valence electrons. The Bertz CT molecular complexity index is 592. The van der Waals surface area contributed by atoms with Crippen LogP contribution in [0.15, 0.2) is 18.2 Å². The zero-order valence-corrected chi connectivity index (χ0v) is 12.0. The molecule has 1 heterocycles. The van der Waals surface area contributed by atoms with Crippen molar-refractivity contribution in [3.05, 3.63) is 35.4 Å². The van der Waals surface area contributed by atoms with Crippen LogP contribution in [0, 0.1) is 11.6 Å². The quantitative estimate of drug-likeness (QED) is 0.904. The van der Waals surface area contributed by atoms with E-state index in [-0.39, 0.29) is 30.1 Å². The van der Waals surface area contributed by atoms with E-state index in [2.05, 4.69) is 0 Å². The maximum absolute atomic E-state index is 13.3. The second-order valence-corrected chi connectivity index (χ2v) is 7.38. The van der Waals surface area contributed by atoms with E-state index in [1.54, 1.807) is 7.05 Å². The highest BCUT2D eigenvalue weighted by Crippen LogP contribution is 2.26. The molecule has 1 saturated heterocycles. The molecule has 2 atom stereocenters. The number of hydrogen-bond acceptors (Lipinski definition) is 4. The predicted octanol–water partition coefficient (Wildman–Crippen LogP) is 1.08. The summed E-state index contributed by atoms with van der Waals surface area (Å²) in [6.07, 6.45) is 0.541. The summed E-state index contributed by atoms with van der Waals surface area (Å²) in [7, 11) is -1.23. The van der Waals surface area contributed by atoms with Gasteiger partial charge in [-0.2, -0.15) is 0 Å². The molecule has 20 heavy (non-hydrogen) atoms. The zero-order valence-electron chi connectivity index (χ0n) is 11.2. The molecule has 0 bridgehead atoms. The summed E-state index contributed by atoms with van der Waals surface area (Å²) < 4.78 is 49.3. The highest BCUT2D eigenvalue weighted by Gasteiger charge is 2.33. The molecule has 0 radical (unpaired) electrons. The van der Waals surface area contributed by atoms with E-state index in [0.29, 0.717) is 12.0 Å². The summed E-state index contributed by atoms with van der Waals surface area (Å²) in [6.45, 7) is 0.206. The van der Waals surface area contributed by atoms with Gasteiger partial charge < -0.3 is 5.73 Å². The van der Waals surface area contributed by atoms with Crippen molar-refractivity contribution in [2.75, 3.05) is 25.1 Å². The van der Waals surface area contributed by atoms with Gasteiger partial charge in [-0.3, -0.25) is 4.90 Å². The lowest BCUT2D eigenvalue weighted by Gasteiger charge is -2.32. The van der Waals surface area contributed by atoms with E-state index in [9.17, 15) is 17.2 Å². The van der Waals surface area contributed by atoms with Crippen molar-refractivity contribution in [2.45, 2.75) is 18.5 Å². The van der Waals surface area contributed by atoms with Crippen LogP contribution in [-0.4, -0.2) is 44.5 Å². The molecule has 1 aliphatic rings. The lowest BCUT2D eigenvalue weighted by atomic mass is 10.0. The van der Waals surface area contributed by atoms with Crippen molar-refractivity contribution in [1.82, 2.24) is 4.90 Å². The molecular weight excluding hydrogens is 286 g/mol. The maximum atomic E-state index is 13.3. The Morgan fingerprint density at radius 3 is 2.60 bits per heavy atom. The molecule has 2 rings (SSSR count). The minimum absolute atomic E-state index is 0.0870. The van der Waals surface area contributed by atoms with E-state index in [1.165, 1.54) is 6.07 Å². The maximum Gasteiger partial charge on any atom is 0.159 e. The Morgan fingerprint density at radius 2 is 2.10 bits per heavy atom. The third-order valence-electron chi connectivity index (χ3n) is 3.83. The number of rotatable bonds is 4. The van der Waals surface area contributed by atoms with Crippen molar-refractivity contribution in [2.24, 2.45) is 5.73 Å². The average Bonchev–Trinajstić information content (AvgIpc) is 2.75. The van der Waals surface area contributed by atoms with Gasteiger partial charge in [0, 0.05) is 18.6 Å². The molecule has 1 aromatic carbocycles. The van der Waals surface area contributed by atoms with Gasteiger partial charge in [0.1, 0.15) is 0 Å². The molecule has 1 aromatic rings. The topological polar surface area (TPSA) is 63.4 Å². The molecule has 1 fully saturated rings. The fourth-order valence-electron chi connectivity index (χ4n) is 2.61. The molecule has 1 aliphatic heterocycles. The first-order valence-electron chi connectivity index (χ1n) is 6.41. The summed E-state index contributed by atoms with van der Waals surface area (Å²) >= 11 is 0.